The van der Waals surface area contributed by atoms with E-state index in [0.717, 1.165) is 18.8 Å². The molecule has 0 aliphatic carbocycles. The number of thiophene rings is 1. The van der Waals surface area contributed by atoms with Gasteiger partial charge in [0.1, 0.15) is 5.75 Å². The van der Waals surface area contributed by atoms with Crippen LogP contribution in [0, 0.1) is 0 Å². The minimum absolute atomic E-state index is 0.390. The van der Waals surface area contributed by atoms with Crippen molar-refractivity contribution < 1.29 is 4.74 Å². The van der Waals surface area contributed by atoms with Crippen molar-refractivity contribution in [1.29, 1.82) is 0 Å². The summed E-state index contributed by atoms with van der Waals surface area (Å²) in [6.07, 6.45) is 1.03. The van der Waals surface area contributed by atoms with Crippen LogP contribution in [0.2, 0.25) is 0 Å². The molecule has 0 spiro atoms. The van der Waals surface area contributed by atoms with Crippen LogP contribution >= 0.6 is 11.3 Å². The van der Waals surface area contributed by atoms with Gasteiger partial charge in [0.05, 0.1) is 6.61 Å². The van der Waals surface area contributed by atoms with E-state index in [4.69, 9.17) is 4.74 Å². The monoisotopic (exact) mass is 259 g/mol. The molecular formula is C15H17NOS. The summed E-state index contributed by atoms with van der Waals surface area (Å²) in [4.78, 5) is 1.39. The van der Waals surface area contributed by atoms with Crippen molar-refractivity contribution in [2.45, 2.75) is 25.4 Å². The first-order chi connectivity index (χ1) is 8.84. The number of para-hydroxylation sites is 1. The van der Waals surface area contributed by atoms with Gasteiger partial charge in [-0.1, -0.05) is 24.3 Å². The molecule has 1 N–H and O–H groups in total. The molecule has 2 unspecified atom stereocenters. The Kier molecular flexibility index (Phi) is 3.35. The molecule has 0 radical (unpaired) electrons. The highest BCUT2D eigenvalue weighted by molar-refractivity contribution is 7.10. The molecule has 0 bridgehead atoms. The van der Waals surface area contributed by atoms with Gasteiger partial charge in [-0.3, -0.25) is 0 Å². The predicted octanol–water partition coefficient (Wildman–Crippen LogP) is 3.92. The molecule has 0 saturated heterocycles. The SMILES string of the molecule is CC(NC1CCOc2ccccc21)c1cccs1. The number of nitrogens with one attached hydrogen (secondary N) is 1. The van der Waals surface area contributed by atoms with Gasteiger partial charge >= 0.3 is 0 Å². The summed E-state index contributed by atoms with van der Waals surface area (Å²) in [6, 6.07) is 13.4. The first kappa shape index (κ1) is 11.8. The summed E-state index contributed by atoms with van der Waals surface area (Å²) in [5.74, 6) is 1.03. The molecule has 1 aliphatic heterocycles. The fraction of sp³-hybridized carbons (Fsp3) is 0.333. The minimum atomic E-state index is 0.390. The fourth-order valence-corrected chi connectivity index (χ4v) is 3.18. The molecule has 2 aromatic rings. The Morgan fingerprint density at radius 3 is 3.00 bits per heavy atom. The summed E-state index contributed by atoms with van der Waals surface area (Å²) >= 11 is 1.81. The maximum Gasteiger partial charge on any atom is 0.124 e. The van der Waals surface area contributed by atoms with E-state index in [-0.39, 0.29) is 0 Å². The molecule has 1 aromatic carbocycles. The summed E-state index contributed by atoms with van der Waals surface area (Å²) < 4.78 is 5.69. The van der Waals surface area contributed by atoms with Crippen molar-refractivity contribution in [2.75, 3.05) is 6.61 Å². The van der Waals surface area contributed by atoms with E-state index in [1.807, 2.05) is 17.4 Å². The lowest BCUT2D eigenvalue weighted by molar-refractivity contribution is 0.246. The van der Waals surface area contributed by atoms with Gasteiger partial charge in [-0.25, -0.2) is 0 Å². The molecule has 0 saturated carbocycles. The van der Waals surface area contributed by atoms with E-state index in [2.05, 4.69) is 48.0 Å². The van der Waals surface area contributed by atoms with Gasteiger partial charge in [-0.15, -0.1) is 11.3 Å². The molecule has 3 heteroatoms. The fourth-order valence-electron chi connectivity index (χ4n) is 2.44. The second-order valence-electron chi connectivity index (χ2n) is 4.63. The number of benzene rings is 1. The lowest BCUT2D eigenvalue weighted by Gasteiger charge is -2.29. The molecular weight excluding hydrogens is 242 g/mol. The van der Waals surface area contributed by atoms with Crippen LogP contribution in [0.3, 0.4) is 0 Å². The van der Waals surface area contributed by atoms with Gasteiger partial charge in [0.2, 0.25) is 0 Å². The van der Waals surface area contributed by atoms with Gasteiger partial charge in [-0.05, 0) is 24.4 Å². The number of hydrogen-bond acceptors (Lipinski definition) is 3. The Morgan fingerprint density at radius 2 is 2.17 bits per heavy atom. The average molecular weight is 259 g/mol. The van der Waals surface area contributed by atoms with E-state index < -0.39 is 0 Å². The normalized spacial score (nSPS) is 19.9. The third-order valence-electron chi connectivity index (χ3n) is 3.38. The smallest absolute Gasteiger partial charge is 0.124 e. The zero-order valence-electron chi connectivity index (χ0n) is 10.4. The summed E-state index contributed by atoms with van der Waals surface area (Å²) in [6.45, 7) is 3.02. The van der Waals surface area contributed by atoms with E-state index in [1.54, 1.807) is 0 Å². The van der Waals surface area contributed by atoms with Gasteiger partial charge in [0, 0.05) is 28.9 Å². The summed E-state index contributed by atoms with van der Waals surface area (Å²) in [7, 11) is 0. The molecule has 1 aromatic heterocycles. The lowest BCUT2D eigenvalue weighted by atomic mass is 9.99. The second kappa shape index (κ2) is 5.12. The van der Waals surface area contributed by atoms with Crippen molar-refractivity contribution in [2.24, 2.45) is 0 Å². The third-order valence-corrected chi connectivity index (χ3v) is 4.43. The van der Waals surface area contributed by atoms with Crippen LogP contribution in [0.15, 0.2) is 41.8 Å². The van der Waals surface area contributed by atoms with Crippen LogP contribution in [0.5, 0.6) is 5.75 Å². The molecule has 2 nitrogen and oxygen atoms in total. The Bertz CT molecular complexity index is 509. The standard InChI is InChI=1S/C15H17NOS/c1-11(15-7-4-10-18-15)16-13-8-9-17-14-6-3-2-5-12(13)14/h2-7,10-11,13,16H,8-9H2,1H3. The van der Waals surface area contributed by atoms with Gasteiger partial charge in [-0.2, -0.15) is 0 Å². The van der Waals surface area contributed by atoms with Crippen molar-refractivity contribution in [3.63, 3.8) is 0 Å². The average Bonchev–Trinajstić information content (AvgIpc) is 2.93. The van der Waals surface area contributed by atoms with Crippen LogP contribution in [0.1, 0.15) is 35.9 Å². The van der Waals surface area contributed by atoms with Gasteiger partial charge < -0.3 is 10.1 Å². The van der Waals surface area contributed by atoms with Crippen LogP contribution in [-0.4, -0.2) is 6.61 Å². The molecule has 18 heavy (non-hydrogen) atoms. The van der Waals surface area contributed by atoms with Crippen LogP contribution in [0.25, 0.3) is 0 Å². The van der Waals surface area contributed by atoms with Crippen LogP contribution in [-0.2, 0) is 0 Å². The van der Waals surface area contributed by atoms with Crippen LogP contribution in [0.4, 0.5) is 0 Å². The highest BCUT2D eigenvalue weighted by atomic mass is 32.1. The molecule has 94 valence electrons. The Morgan fingerprint density at radius 1 is 1.28 bits per heavy atom. The zero-order chi connectivity index (χ0) is 12.4. The second-order valence-corrected chi connectivity index (χ2v) is 5.61. The van der Waals surface area contributed by atoms with Gasteiger partial charge in [0.25, 0.3) is 0 Å². The topological polar surface area (TPSA) is 21.3 Å². The number of fused-ring (bicyclic) bond motifs is 1. The van der Waals surface area contributed by atoms with Crippen LogP contribution < -0.4 is 10.1 Å². The lowest BCUT2D eigenvalue weighted by Crippen LogP contribution is -2.28. The minimum Gasteiger partial charge on any atom is -0.493 e. The van der Waals surface area contributed by atoms with E-state index in [0.29, 0.717) is 12.1 Å². The predicted molar refractivity (Wildman–Crippen MR) is 75.2 cm³/mol. The third kappa shape index (κ3) is 2.28. The zero-order valence-corrected chi connectivity index (χ0v) is 11.2. The molecule has 2 heterocycles. The molecule has 1 aliphatic rings. The van der Waals surface area contributed by atoms with E-state index in [1.165, 1.54) is 10.4 Å². The molecule has 2 atom stereocenters. The summed E-state index contributed by atoms with van der Waals surface area (Å²) in [5, 5.41) is 5.84. The molecule has 0 amide bonds. The van der Waals surface area contributed by atoms with Crippen molar-refractivity contribution in [3.05, 3.63) is 52.2 Å². The van der Waals surface area contributed by atoms with Crippen molar-refractivity contribution in [1.82, 2.24) is 5.32 Å². The molecule has 0 fully saturated rings. The number of hydrogen-bond donors (Lipinski definition) is 1. The van der Waals surface area contributed by atoms with Crippen molar-refractivity contribution >= 4 is 11.3 Å². The van der Waals surface area contributed by atoms with Gasteiger partial charge in [0.15, 0.2) is 0 Å². The highest BCUT2D eigenvalue weighted by Crippen LogP contribution is 2.33. The first-order valence-corrected chi connectivity index (χ1v) is 7.24. The first-order valence-electron chi connectivity index (χ1n) is 6.36. The van der Waals surface area contributed by atoms with E-state index >= 15 is 0 Å². The largest absolute Gasteiger partial charge is 0.493 e. The Hall–Kier alpha value is -1.32. The maximum atomic E-state index is 5.69. The highest BCUT2D eigenvalue weighted by Gasteiger charge is 2.22. The molecule has 3 rings (SSSR count). The maximum absolute atomic E-state index is 5.69. The summed E-state index contributed by atoms with van der Waals surface area (Å²) in [5.41, 5.74) is 1.28. The Labute approximate surface area is 112 Å². The van der Waals surface area contributed by atoms with E-state index in [9.17, 15) is 0 Å². The number of ether oxygens (including phenoxy) is 1. The Balaban J connectivity index is 1.78. The van der Waals surface area contributed by atoms with Crippen molar-refractivity contribution in [3.8, 4) is 5.75 Å². The number of rotatable bonds is 3. The quantitative estimate of drug-likeness (QED) is 0.902.